The zero-order valence-electron chi connectivity index (χ0n) is 10.1. The van der Waals surface area contributed by atoms with Crippen LogP contribution < -0.4 is 0 Å². The average molecular weight is 211 g/mol. The Kier molecular flexibility index (Phi) is 2.85. The fourth-order valence-corrected chi connectivity index (χ4v) is 2.22. The summed E-state index contributed by atoms with van der Waals surface area (Å²) in [4.78, 5) is 12.9. The third kappa shape index (κ3) is 1.87. The van der Waals surface area contributed by atoms with Crippen molar-refractivity contribution in [1.29, 1.82) is 0 Å². The number of carboxylic acid groups (broad SMARTS) is 1. The van der Waals surface area contributed by atoms with Crippen LogP contribution in [0.4, 0.5) is 0 Å². The SMILES string of the molecule is C=C(C(=O)O)N1CCCC(C)(C)C1(C)C. The summed E-state index contributed by atoms with van der Waals surface area (Å²) < 4.78 is 0. The first-order valence-corrected chi connectivity index (χ1v) is 5.40. The van der Waals surface area contributed by atoms with Crippen LogP contribution in [0, 0.1) is 5.41 Å². The minimum absolute atomic E-state index is 0.115. The predicted molar refractivity (Wildman–Crippen MR) is 60.6 cm³/mol. The van der Waals surface area contributed by atoms with Gasteiger partial charge in [-0.05, 0) is 32.1 Å². The molecule has 1 N–H and O–H groups in total. The molecular weight excluding hydrogens is 190 g/mol. The summed E-state index contributed by atoms with van der Waals surface area (Å²) >= 11 is 0. The summed E-state index contributed by atoms with van der Waals surface area (Å²) in [6, 6.07) is 0. The summed E-state index contributed by atoms with van der Waals surface area (Å²) in [5.41, 5.74) is 0.178. The van der Waals surface area contributed by atoms with E-state index in [1.807, 2.05) is 4.90 Å². The maximum atomic E-state index is 11.0. The monoisotopic (exact) mass is 211 g/mol. The Bertz CT molecular complexity index is 292. The van der Waals surface area contributed by atoms with E-state index in [1.165, 1.54) is 0 Å². The van der Waals surface area contributed by atoms with Crippen LogP contribution in [-0.4, -0.2) is 28.1 Å². The van der Waals surface area contributed by atoms with Crippen LogP contribution in [0.25, 0.3) is 0 Å². The van der Waals surface area contributed by atoms with Gasteiger partial charge in [-0.2, -0.15) is 0 Å². The first kappa shape index (κ1) is 12.1. The topological polar surface area (TPSA) is 40.5 Å². The second-order valence-electron chi connectivity index (χ2n) is 5.45. The Balaban J connectivity index is 3.00. The van der Waals surface area contributed by atoms with Gasteiger partial charge in [-0.15, -0.1) is 0 Å². The van der Waals surface area contributed by atoms with Crippen LogP contribution in [0.1, 0.15) is 40.5 Å². The molecule has 0 aliphatic carbocycles. The third-order valence-corrected chi connectivity index (χ3v) is 4.09. The molecule has 1 saturated heterocycles. The molecule has 1 fully saturated rings. The summed E-state index contributed by atoms with van der Waals surface area (Å²) in [6.45, 7) is 13.0. The number of piperidine rings is 1. The summed E-state index contributed by atoms with van der Waals surface area (Å²) in [5.74, 6) is -0.916. The fraction of sp³-hybridized carbons (Fsp3) is 0.750. The molecule has 1 rings (SSSR count). The minimum Gasteiger partial charge on any atom is -0.477 e. The third-order valence-electron chi connectivity index (χ3n) is 4.09. The van der Waals surface area contributed by atoms with Crippen molar-refractivity contribution in [2.24, 2.45) is 5.41 Å². The van der Waals surface area contributed by atoms with Crippen molar-refractivity contribution in [2.75, 3.05) is 6.54 Å². The zero-order valence-corrected chi connectivity index (χ0v) is 10.1. The van der Waals surface area contributed by atoms with Gasteiger partial charge in [0.15, 0.2) is 0 Å². The van der Waals surface area contributed by atoms with E-state index in [2.05, 4.69) is 34.3 Å². The second-order valence-corrected chi connectivity index (χ2v) is 5.45. The highest BCUT2D eigenvalue weighted by Crippen LogP contribution is 2.44. The maximum absolute atomic E-state index is 11.0. The first-order chi connectivity index (χ1) is 6.70. The molecule has 0 aromatic rings. The highest BCUT2D eigenvalue weighted by atomic mass is 16.4. The van der Waals surface area contributed by atoms with Crippen molar-refractivity contribution in [3.63, 3.8) is 0 Å². The highest BCUT2D eigenvalue weighted by Gasteiger charge is 2.45. The van der Waals surface area contributed by atoms with Crippen molar-refractivity contribution >= 4 is 5.97 Å². The van der Waals surface area contributed by atoms with E-state index in [1.54, 1.807) is 0 Å². The van der Waals surface area contributed by atoms with E-state index in [0.717, 1.165) is 19.4 Å². The van der Waals surface area contributed by atoms with Gasteiger partial charge >= 0.3 is 5.97 Å². The number of aliphatic carboxylic acids is 1. The maximum Gasteiger partial charge on any atom is 0.351 e. The van der Waals surface area contributed by atoms with Crippen LogP contribution in [0.2, 0.25) is 0 Å². The van der Waals surface area contributed by atoms with Crippen LogP contribution in [0.15, 0.2) is 12.3 Å². The molecule has 0 bridgehead atoms. The van der Waals surface area contributed by atoms with E-state index in [4.69, 9.17) is 5.11 Å². The molecule has 0 amide bonds. The van der Waals surface area contributed by atoms with Gasteiger partial charge in [0.2, 0.25) is 0 Å². The lowest BCUT2D eigenvalue weighted by molar-refractivity contribution is -0.137. The van der Waals surface area contributed by atoms with Crippen molar-refractivity contribution < 1.29 is 9.90 Å². The fourth-order valence-electron chi connectivity index (χ4n) is 2.22. The number of carbonyl (C=O) groups is 1. The van der Waals surface area contributed by atoms with E-state index < -0.39 is 5.97 Å². The molecule has 0 aromatic heterocycles. The zero-order chi connectivity index (χ0) is 11.9. The Hall–Kier alpha value is -0.990. The lowest BCUT2D eigenvalue weighted by Gasteiger charge is -2.54. The van der Waals surface area contributed by atoms with Gasteiger partial charge in [-0.25, -0.2) is 4.79 Å². The van der Waals surface area contributed by atoms with Gasteiger partial charge in [-0.3, -0.25) is 0 Å². The average Bonchev–Trinajstić information content (AvgIpc) is 2.08. The smallest absolute Gasteiger partial charge is 0.351 e. The molecule has 0 unspecified atom stereocenters. The van der Waals surface area contributed by atoms with Gasteiger partial charge < -0.3 is 10.0 Å². The summed E-state index contributed by atoms with van der Waals surface area (Å²) in [7, 11) is 0. The molecule has 0 spiro atoms. The van der Waals surface area contributed by atoms with E-state index in [0.29, 0.717) is 0 Å². The lowest BCUT2D eigenvalue weighted by Crippen LogP contribution is -2.57. The van der Waals surface area contributed by atoms with Crippen molar-refractivity contribution in [2.45, 2.75) is 46.1 Å². The molecule has 86 valence electrons. The Morgan fingerprint density at radius 3 is 2.33 bits per heavy atom. The van der Waals surface area contributed by atoms with Crippen LogP contribution in [0.3, 0.4) is 0 Å². The molecule has 1 aliphatic rings. The van der Waals surface area contributed by atoms with Crippen LogP contribution >= 0.6 is 0 Å². The largest absolute Gasteiger partial charge is 0.477 e. The molecular formula is C12H21NO2. The highest BCUT2D eigenvalue weighted by molar-refractivity contribution is 5.85. The summed E-state index contributed by atoms with van der Waals surface area (Å²) in [6.07, 6.45) is 2.16. The Morgan fingerprint density at radius 1 is 1.33 bits per heavy atom. The van der Waals surface area contributed by atoms with E-state index in [-0.39, 0.29) is 16.7 Å². The molecule has 15 heavy (non-hydrogen) atoms. The van der Waals surface area contributed by atoms with Gasteiger partial charge in [-0.1, -0.05) is 20.4 Å². The van der Waals surface area contributed by atoms with Crippen molar-refractivity contribution in [3.05, 3.63) is 12.3 Å². The molecule has 0 radical (unpaired) electrons. The van der Waals surface area contributed by atoms with E-state index >= 15 is 0 Å². The van der Waals surface area contributed by atoms with E-state index in [9.17, 15) is 4.79 Å². The molecule has 0 atom stereocenters. The molecule has 3 heteroatoms. The number of rotatable bonds is 2. The van der Waals surface area contributed by atoms with Gasteiger partial charge in [0.1, 0.15) is 5.70 Å². The van der Waals surface area contributed by atoms with Gasteiger partial charge in [0, 0.05) is 12.1 Å². The molecule has 0 aromatic carbocycles. The number of likely N-dealkylation sites (tertiary alicyclic amines) is 1. The Labute approximate surface area is 91.8 Å². The molecule has 3 nitrogen and oxygen atoms in total. The molecule has 1 heterocycles. The summed E-state index contributed by atoms with van der Waals surface area (Å²) in [5, 5.41) is 9.00. The standard InChI is InChI=1S/C12H21NO2/c1-9(10(14)15)13-8-6-7-11(2,3)12(13,4)5/h1,6-8H2,2-5H3,(H,14,15). The Morgan fingerprint density at radius 2 is 1.87 bits per heavy atom. The van der Waals surface area contributed by atoms with Gasteiger partial charge in [0.25, 0.3) is 0 Å². The normalized spacial score (nSPS) is 23.6. The lowest BCUT2D eigenvalue weighted by atomic mass is 9.68. The number of carboxylic acids is 1. The predicted octanol–water partition coefficient (Wildman–Crippen LogP) is 2.49. The number of hydrogen-bond acceptors (Lipinski definition) is 2. The van der Waals surface area contributed by atoms with Gasteiger partial charge in [0.05, 0.1) is 0 Å². The van der Waals surface area contributed by atoms with Crippen molar-refractivity contribution in [3.8, 4) is 0 Å². The van der Waals surface area contributed by atoms with Crippen molar-refractivity contribution in [1.82, 2.24) is 4.90 Å². The van der Waals surface area contributed by atoms with Crippen LogP contribution in [0.5, 0.6) is 0 Å². The quantitative estimate of drug-likeness (QED) is 0.713. The van der Waals surface area contributed by atoms with Crippen LogP contribution in [-0.2, 0) is 4.79 Å². The number of nitrogens with zero attached hydrogens (tertiary/aromatic N) is 1. The number of hydrogen-bond donors (Lipinski definition) is 1. The first-order valence-electron chi connectivity index (χ1n) is 5.40. The molecule has 0 saturated carbocycles. The minimum atomic E-state index is -0.916. The second kappa shape index (κ2) is 3.54. The molecule has 1 aliphatic heterocycles.